The molecule has 1 aromatic rings. The summed E-state index contributed by atoms with van der Waals surface area (Å²) in [5, 5.41) is 6.79. The number of rotatable bonds is 12. The number of benzene rings is 1. The molecule has 1 heterocycles. The van der Waals surface area contributed by atoms with Crippen molar-refractivity contribution in [2.75, 3.05) is 13.7 Å². The van der Waals surface area contributed by atoms with Crippen molar-refractivity contribution in [3.8, 4) is 0 Å². The third-order valence-corrected chi connectivity index (χ3v) is 6.56. The van der Waals surface area contributed by atoms with Gasteiger partial charge in [-0.05, 0) is 56.9 Å². The van der Waals surface area contributed by atoms with E-state index in [-0.39, 0.29) is 11.8 Å². The Hall–Kier alpha value is -2.45. The number of hydrogen-bond acceptors (Lipinski definition) is 5. The first-order chi connectivity index (χ1) is 16.6. The van der Waals surface area contributed by atoms with Crippen molar-refractivity contribution in [1.29, 1.82) is 0 Å². The molecule has 0 aliphatic carbocycles. The molecule has 2 N–H and O–H groups in total. The van der Waals surface area contributed by atoms with Crippen molar-refractivity contribution >= 4 is 18.2 Å². The van der Waals surface area contributed by atoms with Crippen LogP contribution < -0.4 is 10.6 Å². The molecule has 1 aliphatic rings. The van der Waals surface area contributed by atoms with Gasteiger partial charge >= 0.3 is 0 Å². The predicted octanol–water partition coefficient (Wildman–Crippen LogP) is 3.52. The highest BCUT2D eigenvalue weighted by Gasteiger charge is 2.37. The fraction of sp³-hybridized carbons (Fsp3) is 0.667. The monoisotopic (exact) mass is 489 g/mol. The quantitative estimate of drug-likeness (QED) is 0.346. The minimum Gasteiger partial charge on any atom is -0.357 e. The molecule has 0 aromatic heterocycles. The molecule has 1 saturated heterocycles. The van der Waals surface area contributed by atoms with Gasteiger partial charge in [0.15, 0.2) is 6.29 Å². The minimum absolute atomic E-state index is 0.254. The van der Waals surface area contributed by atoms with Crippen molar-refractivity contribution in [2.45, 2.75) is 91.5 Å². The van der Waals surface area contributed by atoms with Crippen LogP contribution in [0.1, 0.15) is 70.9 Å². The highest BCUT2D eigenvalue weighted by molar-refractivity contribution is 5.89. The van der Waals surface area contributed by atoms with Gasteiger partial charge in [-0.1, -0.05) is 50.6 Å². The highest BCUT2D eigenvalue weighted by atomic mass is 16.8. The Morgan fingerprint density at radius 1 is 1.20 bits per heavy atom. The molecule has 2 rings (SSSR count). The smallest absolute Gasteiger partial charge is 0.242 e. The molecule has 196 valence electrons. The van der Waals surface area contributed by atoms with Gasteiger partial charge in [0.1, 0.15) is 6.04 Å². The van der Waals surface area contributed by atoms with Gasteiger partial charge < -0.3 is 15.4 Å². The van der Waals surface area contributed by atoms with E-state index >= 15 is 0 Å². The molecule has 0 saturated carbocycles. The summed E-state index contributed by atoms with van der Waals surface area (Å²) in [5.74, 6) is -1.09. The molecule has 0 bridgehead atoms. The number of likely N-dealkylation sites (N-methyl/N-ethyl adjacent to an activating group) is 1. The largest absolute Gasteiger partial charge is 0.357 e. The molecule has 0 radical (unpaired) electrons. The van der Waals surface area contributed by atoms with Crippen molar-refractivity contribution in [1.82, 2.24) is 15.7 Å². The van der Waals surface area contributed by atoms with Crippen LogP contribution in [-0.4, -0.2) is 55.3 Å². The van der Waals surface area contributed by atoms with Gasteiger partial charge in [0, 0.05) is 20.1 Å². The Balaban J connectivity index is 2.18. The summed E-state index contributed by atoms with van der Waals surface area (Å²) in [7, 11) is 1.56. The normalized spacial score (nSPS) is 18.7. The zero-order chi connectivity index (χ0) is 26.0. The lowest BCUT2D eigenvalue weighted by atomic mass is 9.85. The number of ether oxygens (including phenoxy) is 1. The number of carbonyl (C=O) groups excluding carboxylic acids is 3. The molecule has 1 fully saturated rings. The van der Waals surface area contributed by atoms with E-state index in [1.807, 2.05) is 27.7 Å². The Morgan fingerprint density at radius 3 is 2.43 bits per heavy atom. The van der Waals surface area contributed by atoms with E-state index in [0.717, 1.165) is 25.7 Å². The van der Waals surface area contributed by atoms with Crippen LogP contribution in [0.25, 0.3) is 0 Å². The number of carbonyl (C=O) groups is 3. The molecule has 3 amide bonds. The van der Waals surface area contributed by atoms with Crippen molar-refractivity contribution < 1.29 is 24.0 Å². The maximum atomic E-state index is 13.5. The molecule has 4 unspecified atom stereocenters. The van der Waals surface area contributed by atoms with Crippen LogP contribution in [0.4, 0.5) is 0 Å². The van der Waals surface area contributed by atoms with Gasteiger partial charge in [-0.15, -0.1) is 0 Å². The third-order valence-electron chi connectivity index (χ3n) is 6.56. The first kappa shape index (κ1) is 28.8. The number of nitrogens with one attached hydrogen (secondary N) is 2. The van der Waals surface area contributed by atoms with Gasteiger partial charge in [-0.2, -0.15) is 0 Å². The summed E-state index contributed by atoms with van der Waals surface area (Å²) in [5.41, 5.74) is 1.91. The Morgan fingerprint density at radius 2 is 1.89 bits per heavy atom. The van der Waals surface area contributed by atoms with Crippen LogP contribution in [0.3, 0.4) is 0 Å². The number of amides is 3. The lowest BCUT2D eigenvalue weighted by Crippen LogP contribution is -2.56. The van der Waals surface area contributed by atoms with Crippen molar-refractivity contribution in [3.05, 3.63) is 35.4 Å². The van der Waals surface area contributed by atoms with E-state index in [1.54, 1.807) is 14.0 Å². The maximum absolute atomic E-state index is 13.5. The summed E-state index contributed by atoms with van der Waals surface area (Å²) in [6, 6.07) is 7.09. The molecule has 8 nitrogen and oxygen atoms in total. The molecular formula is C27H43N3O5. The summed E-state index contributed by atoms with van der Waals surface area (Å²) in [4.78, 5) is 43.9. The Kier molecular flexibility index (Phi) is 11.2. The van der Waals surface area contributed by atoms with Crippen molar-refractivity contribution in [3.63, 3.8) is 0 Å². The van der Waals surface area contributed by atoms with Crippen LogP contribution in [0.5, 0.6) is 0 Å². The van der Waals surface area contributed by atoms with Gasteiger partial charge in [-0.3, -0.25) is 14.4 Å². The van der Waals surface area contributed by atoms with Gasteiger partial charge in [0.2, 0.25) is 18.2 Å². The van der Waals surface area contributed by atoms with Crippen molar-refractivity contribution in [2.24, 2.45) is 11.3 Å². The van der Waals surface area contributed by atoms with Gasteiger partial charge in [-0.25, -0.2) is 9.90 Å². The van der Waals surface area contributed by atoms with Gasteiger partial charge in [0.25, 0.3) is 0 Å². The molecule has 8 heteroatoms. The second kappa shape index (κ2) is 13.6. The van der Waals surface area contributed by atoms with E-state index in [9.17, 15) is 14.4 Å². The second-order valence-corrected chi connectivity index (χ2v) is 10.5. The van der Waals surface area contributed by atoms with Crippen LogP contribution in [-0.2, 0) is 30.4 Å². The minimum atomic E-state index is -0.709. The first-order valence-corrected chi connectivity index (χ1v) is 12.7. The topological polar surface area (TPSA) is 97.0 Å². The number of hydroxylamine groups is 2. The lowest BCUT2D eigenvalue weighted by Gasteiger charge is -2.36. The third kappa shape index (κ3) is 8.93. The summed E-state index contributed by atoms with van der Waals surface area (Å²) in [6.45, 7) is 10.2. The maximum Gasteiger partial charge on any atom is 0.242 e. The average Bonchev–Trinajstić information content (AvgIpc) is 2.83. The lowest BCUT2D eigenvalue weighted by molar-refractivity contribution is -0.287. The van der Waals surface area contributed by atoms with E-state index in [2.05, 4.69) is 34.9 Å². The molecule has 35 heavy (non-hydrogen) atoms. The summed E-state index contributed by atoms with van der Waals surface area (Å²) in [6.07, 6.45) is 4.83. The molecule has 0 spiro atoms. The van der Waals surface area contributed by atoms with E-state index in [0.29, 0.717) is 25.9 Å². The Labute approximate surface area is 210 Å². The zero-order valence-corrected chi connectivity index (χ0v) is 22.1. The summed E-state index contributed by atoms with van der Waals surface area (Å²) >= 11 is 0. The molecule has 1 aliphatic heterocycles. The van der Waals surface area contributed by atoms with Crippen LogP contribution in [0.2, 0.25) is 0 Å². The van der Waals surface area contributed by atoms with Gasteiger partial charge in [0.05, 0.1) is 12.0 Å². The van der Waals surface area contributed by atoms with Crippen LogP contribution >= 0.6 is 0 Å². The number of nitrogens with zero attached hydrogens (tertiary/aromatic N) is 1. The zero-order valence-electron chi connectivity index (χ0n) is 22.1. The fourth-order valence-corrected chi connectivity index (χ4v) is 4.27. The number of hydrogen-bond donors (Lipinski definition) is 2. The molecule has 4 atom stereocenters. The standard InChI is InChI=1S/C27H43N3O5/c1-19-13-15-21(16-14-19)10-9-11-22(25(32)29-24(26(33)28-6)27(3,4)5)20(2)30(18-31)35-23-12-7-8-17-34-23/h13-16,18,20,22-24H,7-12,17H2,1-6H3,(H,28,33)(H,29,32). The van der Waals surface area contributed by atoms with Crippen LogP contribution in [0, 0.1) is 18.3 Å². The Bertz CT molecular complexity index is 815. The van der Waals surface area contributed by atoms with Crippen LogP contribution in [0.15, 0.2) is 24.3 Å². The summed E-state index contributed by atoms with van der Waals surface area (Å²) < 4.78 is 5.63. The fourth-order valence-electron chi connectivity index (χ4n) is 4.27. The highest BCUT2D eigenvalue weighted by Crippen LogP contribution is 2.25. The van der Waals surface area contributed by atoms with E-state index in [4.69, 9.17) is 9.57 Å². The first-order valence-electron chi connectivity index (χ1n) is 12.7. The molecular weight excluding hydrogens is 446 g/mol. The second-order valence-electron chi connectivity index (χ2n) is 10.5. The molecule has 1 aromatic carbocycles. The number of aryl methyl sites for hydroxylation is 2. The van der Waals surface area contributed by atoms with E-state index < -0.39 is 29.7 Å². The SMILES string of the molecule is CNC(=O)C(NC(=O)C(CCCc1ccc(C)cc1)C(C)N(C=O)OC1CCCCO1)C(C)(C)C. The van der Waals surface area contributed by atoms with E-state index in [1.165, 1.54) is 16.2 Å². The predicted molar refractivity (Wildman–Crippen MR) is 135 cm³/mol. The average molecular weight is 490 g/mol.